The molecule has 2 heterocycles. The van der Waals surface area contributed by atoms with Gasteiger partial charge in [0.1, 0.15) is 0 Å². The summed E-state index contributed by atoms with van der Waals surface area (Å²) in [5.41, 5.74) is 1.14. The van der Waals surface area contributed by atoms with E-state index in [1.807, 2.05) is 18.2 Å². The molecule has 0 aliphatic carbocycles. The Labute approximate surface area is 141 Å². The maximum absolute atomic E-state index is 11.6. The Kier molecular flexibility index (Phi) is 4.73. The van der Waals surface area contributed by atoms with E-state index in [4.69, 9.17) is 11.6 Å². The monoisotopic (exact) mass is 336 g/mol. The van der Waals surface area contributed by atoms with E-state index < -0.39 is 0 Å². The molecule has 1 aromatic carbocycles. The third-order valence-electron chi connectivity index (χ3n) is 4.49. The molecule has 1 N–H and O–H groups in total. The van der Waals surface area contributed by atoms with Crippen molar-refractivity contribution in [2.45, 2.75) is 13.0 Å². The minimum absolute atomic E-state index is 0.122. The van der Waals surface area contributed by atoms with E-state index in [0.29, 0.717) is 19.1 Å². The minimum atomic E-state index is -0.278. The van der Waals surface area contributed by atoms with Crippen LogP contribution in [0.3, 0.4) is 0 Å². The largest absolute Gasteiger partial charge is 0.369 e. The number of nitrogens with one attached hydrogen (secondary N) is 1. The Morgan fingerprint density at radius 3 is 2.74 bits per heavy atom. The minimum Gasteiger partial charge on any atom is -0.369 e. The van der Waals surface area contributed by atoms with E-state index in [-0.39, 0.29) is 18.5 Å². The van der Waals surface area contributed by atoms with Crippen molar-refractivity contribution in [1.29, 1.82) is 0 Å². The van der Waals surface area contributed by atoms with Gasteiger partial charge in [-0.15, -0.1) is 0 Å². The first-order valence-corrected chi connectivity index (χ1v) is 8.25. The fourth-order valence-corrected chi connectivity index (χ4v) is 3.33. The number of urea groups is 1. The summed E-state index contributed by atoms with van der Waals surface area (Å²) in [4.78, 5) is 29.1. The van der Waals surface area contributed by atoms with Crippen LogP contribution in [0.15, 0.2) is 24.3 Å². The Balaban J connectivity index is 1.54. The Morgan fingerprint density at radius 2 is 2.09 bits per heavy atom. The van der Waals surface area contributed by atoms with Gasteiger partial charge < -0.3 is 10.2 Å². The Hall–Kier alpha value is -1.79. The smallest absolute Gasteiger partial charge is 0.324 e. The molecule has 23 heavy (non-hydrogen) atoms. The van der Waals surface area contributed by atoms with Crippen molar-refractivity contribution >= 4 is 29.2 Å². The predicted molar refractivity (Wildman–Crippen MR) is 89.8 cm³/mol. The van der Waals surface area contributed by atoms with E-state index in [2.05, 4.69) is 28.1 Å². The molecule has 6 nitrogen and oxygen atoms in total. The molecule has 3 rings (SSSR count). The van der Waals surface area contributed by atoms with Crippen LogP contribution in [0.4, 0.5) is 10.5 Å². The third kappa shape index (κ3) is 3.59. The second-order valence-corrected chi connectivity index (χ2v) is 6.45. The SMILES string of the molecule is C[C@@H]1CN(c2cccc(Cl)c2)CCN1CCN1C(=O)CNC1=O. The molecule has 0 saturated carbocycles. The second-order valence-electron chi connectivity index (χ2n) is 6.01. The maximum atomic E-state index is 11.6. The van der Waals surface area contributed by atoms with Gasteiger partial charge in [0.05, 0.1) is 6.54 Å². The van der Waals surface area contributed by atoms with Gasteiger partial charge in [0.2, 0.25) is 5.91 Å². The van der Waals surface area contributed by atoms with Crippen LogP contribution in [0.5, 0.6) is 0 Å². The van der Waals surface area contributed by atoms with Gasteiger partial charge in [-0.1, -0.05) is 17.7 Å². The summed E-state index contributed by atoms with van der Waals surface area (Å²) in [7, 11) is 0. The van der Waals surface area contributed by atoms with Crippen molar-refractivity contribution in [3.05, 3.63) is 29.3 Å². The van der Waals surface area contributed by atoms with Gasteiger partial charge in [-0.3, -0.25) is 14.6 Å². The van der Waals surface area contributed by atoms with Crippen LogP contribution in [-0.2, 0) is 4.79 Å². The van der Waals surface area contributed by atoms with Gasteiger partial charge >= 0.3 is 6.03 Å². The standard InChI is InChI=1S/C16H21ClN4O2/c1-12-11-20(14-4-2-3-13(17)9-14)6-5-19(12)7-8-21-15(22)10-18-16(21)23/h2-4,9,12H,5-8,10-11H2,1H3,(H,18,23)/t12-/m1/s1. The number of rotatable bonds is 4. The molecule has 2 fully saturated rings. The number of nitrogens with zero attached hydrogens (tertiary/aromatic N) is 3. The lowest BCUT2D eigenvalue weighted by atomic mass is 10.1. The summed E-state index contributed by atoms with van der Waals surface area (Å²) < 4.78 is 0. The highest BCUT2D eigenvalue weighted by Crippen LogP contribution is 2.22. The van der Waals surface area contributed by atoms with Gasteiger partial charge in [0, 0.05) is 49.5 Å². The van der Waals surface area contributed by atoms with Crippen molar-refractivity contribution in [1.82, 2.24) is 15.1 Å². The Morgan fingerprint density at radius 1 is 1.26 bits per heavy atom. The predicted octanol–water partition coefficient (Wildman–Crippen LogP) is 1.40. The summed E-state index contributed by atoms with van der Waals surface area (Å²) in [6.07, 6.45) is 0. The van der Waals surface area contributed by atoms with Crippen molar-refractivity contribution in [3.8, 4) is 0 Å². The van der Waals surface area contributed by atoms with Gasteiger partial charge in [0.25, 0.3) is 0 Å². The number of anilines is 1. The first-order chi connectivity index (χ1) is 11.0. The molecule has 0 spiro atoms. The number of benzene rings is 1. The zero-order valence-electron chi connectivity index (χ0n) is 13.2. The molecule has 0 bridgehead atoms. The second kappa shape index (κ2) is 6.76. The third-order valence-corrected chi connectivity index (χ3v) is 4.72. The lowest BCUT2D eigenvalue weighted by molar-refractivity contribution is -0.125. The first-order valence-electron chi connectivity index (χ1n) is 7.87. The molecule has 0 radical (unpaired) electrons. The molecule has 3 amide bonds. The fraction of sp³-hybridized carbons (Fsp3) is 0.500. The molecule has 1 atom stereocenters. The van der Waals surface area contributed by atoms with E-state index in [1.165, 1.54) is 4.90 Å². The lowest BCUT2D eigenvalue weighted by Gasteiger charge is -2.41. The molecular weight excluding hydrogens is 316 g/mol. The van der Waals surface area contributed by atoms with Gasteiger partial charge in [-0.05, 0) is 25.1 Å². The average Bonchev–Trinajstić information content (AvgIpc) is 2.85. The van der Waals surface area contributed by atoms with Crippen molar-refractivity contribution in [3.63, 3.8) is 0 Å². The molecule has 0 aromatic heterocycles. The van der Waals surface area contributed by atoms with Gasteiger partial charge in [0.15, 0.2) is 0 Å². The number of hydrogen-bond donors (Lipinski definition) is 1. The summed E-state index contributed by atoms with van der Waals surface area (Å²) in [5, 5.41) is 3.30. The number of carbonyl (C=O) groups is 2. The molecule has 2 aliphatic heterocycles. The fourth-order valence-electron chi connectivity index (χ4n) is 3.14. The summed E-state index contributed by atoms with van der Waals surface area (Å²) in [6.45, 7) is 6.16. The number of hydrogen-bond acceptors (Lipinski definition) is 4. The van der Waals surface area contributed by atoms with Crippen molar-refractivity contribution in [2.75, 3.05) is 44.2 Å². The molecule has 124 valence electrons. The van der Waals surface area contributed by atoms with E-state index >= 15 is 0 Å². The quantitative estimate of drug-likeness (QED) is 0.845. The van der Waals surface area contributed by atoms with Gasteiger partial charge in [-0.2, -0.15) is 0 Å². The maximum Gasteiger partial charge on any atom is 0.324 e. The lowest BCUT2D eigenvalue weighted by Crippen LogP contribution is -2.54. The molecular formula is C16H21ClN4O2. The van der Waals surface area contributed by atoms with E-state index in [1.54, 1.807) is 0 Å². The van der Waals surface area contributed by atoms with Crippen LogP contribution in [0.1, 0.15) is 6.92 Å². The average molecular weight is 337 g/mol. The zero-order valence-corrected chi connectivity index (χ0v) is 13.9. The van der Waals surface area contributed by atoms with Crippen LogP contribution < -0.4 is 10.2 Å². The highest BCUT2D eigenvalue weighted by atomic mass is 35.5. The normalized spacial score (nSPS) is 22.6. The molecule has 2 saturated heterocycles. The molecule has 1 aromatic rings. The molecule has 7 heteroatoms. The molecule has 0 unspecified atom stereocenters. The van der Waals surface area contributed by atoms with Crippen LogP contribution in [-0.4, -0.2) is 67.0 Å². The van der Waals surface area contributed by atoms with Gasteiger partial charge in [-0.25, -0.2) is 4.79 Å². The summed E-state index contributed by atoms with van der Waals surface area (Å²) in [5.74, 6) is -0.139. The van der Waals surface area contributed by atoms with E-state index in [9.17, 15) is 9.59 Å². The highest BCUT2D eigenvalue weighted by Gasteiger charge is 2.30. The topological polar surface area (TPSA) is 55.9 Å². The van der Waals surface area contributed by atoms with Crippen LogP contribution in [0.2, 0.25) is 5.02 Å². The number of carbonyl (C=O) groups excluding carboxylic acids is 2. The summed E-state index contributed by atoms with van der Waals surface area (Å²) >= 11 is 6.07. The summed E-state index contributed by atoms with van der Waals surface area (Å²) in [6, 6.07) is 7.97. The van der Waals surface area contributed by atoms with Crippen LogP contribution in [0.25, 0.3) is 0 Å². The number of imide groups is 1. The number of halogens is 1. The zero-order chi connectivity index (χ0) is 16.4. The van der Waals surface area contributed by atoms with Crippen molar-refractivity contribution in [2.24, 2.45) is 0 Å². The first kappa shape index (κ1) is 16.1. The number of piperazine rings is 1. The Bertz CT molecular complexity index is 593. The van der Waals surface area contributed by atoms with Crippen LogP contribution >= 0.6 is 11.6 Å². The van der Waals surface area contributed by atoms with E-state index in [0.717, 1.165) is 30.3 Å². The highest BCUT2D eigenvalue weighted by molar-refractivity contribution is 6.30. The van der Waals surface area contributed by atoms with Crippen LogP contribution in [0, 0.1) is 0 Å². The van der Waals surface area contributed by atoms with Crippen molar-refractivity contribution < 1.29 is 9.59 Å². The molecule has 2 aliphatic rings. The number of amides is 3.